The highest BCUT2D eigenvalue weighted by molar-refractivity contribution is 5.86. The summed E-state index contributed by atoms with van der Waals surface area (Å²) in [5, 5.41) is 29.8. The van der Waals surface area contributed by atoms with Gasteiger partial charge in [-0.2, -0.15) is 5.26 Å². The van der Waals surface area contributed by atoms with Crippen molar-refractivity contribution in [2.45, 2.75) is 51.3 Å². The number of carboxylic acid groups (broad SMARTS) is 1. The minimum atomic E-state index is -1.12. The maximum Gasteiger partial charge on any atom is 0.408 e. The second kappa shape index (κ2) is 13.4. The van der Waals surface area contributed by atoms with E-state index in [0.29, 0.717) is 36.7 Å². The minimum Gasteiger partial charge on any atom is -0.497 e. The van der Waals surface area contributed by atoms with E-state index in [-0.39, 0.29) is 30.8 Å². The van der Waals surface area contributed by atoms with Crippen molar-refractivity contribution < 1.29 is 29.3 Å². The number of nitriles is 1. The van der Waals surface area contributed by atoms with Crippen LogP contribution in [0.5, 0.6) is 11.5 Å². The Morgan fingerprint density at radius 3 is 2.14 bits per heavy atom. The first kappa shape index (κ1) is 31.1. The highest BCUT2D eigenvalue weighted by atomic mass is 16.5. The molecular formula is C32H42N4O6. The maximum atomic E-state index is 14.1. The lowest BCUT2D eigenvalue weighted by atomic mass is 9.84. The number of ether oxygens (including phenoxy) is 2. The summed E-state index contributed by atoms with van der Waals surface area (Å²) in [7, 11) is 1.59. The molecule has 2 aliphatic rings. The molecule has 4 rings (SSSR count). The smallest absolute Gasteiger partial charge is 0.408 e. The molecule has 2 bridgehead atoms. The van der Waals surface area contributed by atoms with Gasteiger partial charge in [0.1, 0.15) is 30.3 Å². The Balaban J connectivity index is 1.39. The van der Waals surface area contributed by atoms with E-state index in [1.807, 2.05) is 49.9 Å². The maximum absolute atomic E-state index is 14.1. The zero-order chi connectivity index (χ0) is 30.4. The summed E-state index contributed by atoms with van der Waals surface area (Å²) in [6, 6.07) is 15.4. The fraction of sp³-hybridized carbons (Fsp3) is 0.531. The largest absolute Gasteiger partial charge is 0.497 e. The molecule has 4 atom stereocenters. The van der Waals surface area contributed by atoms with Gasteiger partial charge in [-0.3, -0.25) is 14.6 Å². The standard InChI is InChI=1S/C32H42N4O6/c1-32(2,3)36(31(39)40)29(14-22-5-9-27(41-4)10-6-22)30(38)35-18-24-13-25(19-35)17-34(16-24)20-26(37)21-42-28-11-7-23(15-33)8-12-28/h5-12,24-26,29,37H,13-14,16-21H2,1-4H3,(H,39,40)/t24?,25?,26-,29-/m0/s1. The van der Waals surface area contributed by atoms with Gasteiger partial charge in [-0.05, 0) is 81.0 Å². The predicted molar refractivity (Wildman–Crippen MR) is 157 cm³/mol. The van der Waals surface area contributed by atoms with Crippen molar-refractivity contribution in [1.29, 1.82) is 5.26 Å². The van der Waals surface area contributed by atoms with Crippen molar-refractivity contribution in [2.75, 3.05) is 46.4 Å². The summed E-state index contributed by atoms with van der Waals surface area (Å²) in [6.07, 6.45) is -0.518. The Kier molecular flexibility index (Phi) is 9.97. The van der Waals surface area contributed by atoms with E-state index in [4.69, 9.17) is 14.7 Å². The topological polar surface area (TPSA) is 127 Å². The van der Waals surface area contributed by atoms with Gasteiger partial charge < -0.3 is 24.6 Å². The third-order valence-electron chi connectivity index (χ3n) is 7.98. The number of nitrogens with zero attached hydrogens (tertiary/aromatic N) is 4. The number of aliphatic hydroxyl groups excluding tert-OH is 1. The third-order valence-corrected chi connectivity index (χ3v) is 7.98. The lowest BCUT2D eigenvalue weighted by Crippen LogP contribution is -2.62. The van der Waals surface area contributed by atoms with Crippen LogP contribution in [0, 0.1) is 23.2 Å². The molecule has 2 aromatic carbocycles. The molecular weight excluding hydrogens is 536 g/mol. The first-order valence-electron chi connectivity index (χ1n) is 14.4. The number of amides is 2. The number of hydrogen-bond acceptors (Lipinski definition) is 7. The summed E-state index contributed by atoms with van der Waals surface area (Å²) >= 11 is 0. The van der Waals surface area contributed by atoms with Crippen molar-refractivity contribution in [2.24, 2.45) is 11.8 Å². The van der Waals surface area contributed by atoms with Crippen molar-refractivity contribution in [1.82, 2.24) is 14.7 Å². The molecule has 2 heterocycles. The summed E-state index contributed by atoms with van der Waals surface area (Å²) in [5.41, 5.74) is 0.651. The molecule has 0 radical (unpaired) electrons. The molecule has 0 spiro atoms. The van der Waals surface area contributed by atoms with E-state index in [0.717, 1.165) is 25.1 Å². The first-order chi connectivity index (χ1) is 20.0. The van der Waals surface area contributed by atoms with Gasteiger partial charge in [-0.1, -0.05) is 12.1 Å². The second-order valence-electron chi connectivity index (χ2n) is 12.4. The normalized spacial score (nSPS) is 20.2. The van der Waals surface area contributed by atoms with Crippen LogP contribution in [-0.2, 0) is 11.2 Å². The molecule has 10 nitrogen and oxygen atoms in total. The molecule has 2 aromatic rings. The first-order valence-corrected chi connectivity index (χ1v) is 14.4. The van der Waals surface area contributed by atoms with Crippen LogP contribution in [0.15, 0.2) is 48.5 Å². The Hall–Kier alpha value is -3.81. The van der Waals surface area contributed by atoms with E-state index >= 15 is 0 Å². The van der Waals surface area contributed by atoms with E-state index < -0.39 is 23.8 Å². The van der Waals surface area contributed by atoms with Crippen molar-refractivity contribution >= 4 is 12.0 Å². The number of piperidine rings is 2. The average Bonchev–Trinajstić information content (AvgIpc) is 2.94. The number of hydrogen-bond donors (Lipinski definition) is 2. The second-order valence-corrected chi connectivity index (χ2v) is 12.4. The molecule has 2 aliphatic heterocycles. The van der Waals surface area contributed by atoms with Crippen molar-refractivity contribution in [3.8, 4) is 17.6 Å². The van der Waals surface area contributed by atoms with Gasteiger partial charge >= 0.3 is 6.09 Å². The molecule has 2 fully saturated rings. The number of rotatable bonds is 10. The number of aliphatic hydroxyl groups is 1. The van der Waals surface area contributed by atoms with Crippen LogP contribution >= 0.6 is 0 Å². The minimum absolute atomic E-state index is 0.146. The number of benzene rings is 2. The van der Waals surface area contributed by atoms with Gasteiger partial charge in [0, 0.05) is 44.7 Å². The lowest BCUT2D eigenvalue weighted by molar-refractivity contribution is -0.143. The number of methoxy groups -OCH3 is 1. The van der Waals surface area contributed by atoms with Gasteiger partial charge in [0.15, 0.2) is 0 Å². The van der Waals surface area contributed by atoms with E-state index in [9.17, 15) is 19.8 Å². The molecule has 2 unspecified atom stereocenters. The number of carbonyl (C=O) groups excluding carboxylic acids is 1. The molecule has 0 saturated carbocycles. The highest BCUT2D eigenvalue weighted by Crippen LogP contribution is 2.31. The zero-order valence-electron chi connectivity index (χ0n) is 24.9. The molecule has 2 N–H and O–H groups in total. The quantitative estimate of drug-likeness (QED) is 0.439. The molecule has 2 amide bonds. The SMILES string of the molecule is COc1ccc(C[C@@H](C(=O)N2CC3CC(CN(C[C@H](O)COc4ccc(C#N)cc4)C3)C2)N(C(=O)O)C(C)(C)C)cc1. The summed E-state index contributed by atoms with van der Waals surface area (Å²) < 4.78 is 11.0. The monoisotopic (exact) mass is 578 g/mol. The molecule has 0 aliphatic carbocycles. The van der Waals surface area contributed by atoms with Gasteiger partial charge in [0.25, 0.3) is 0 Å². The van der Waals surface area contributed by atoms with Crippen LogP contribution in [-0.4, -0.2) is 101 Å². The Morgan fingerprint density at radius 2 is 1.62 bits per heavy atom. The summed E-state index contributed by atoms with van der Waals surface area (Å²) in [6.45, 7) is 8.67. The van der Waals surface area contributed by atoms with Gasteiger partial charge in [0.05, 0.1) is 18.7 Å². The van der Waals surface area contributed by atoms with Crippen LogP contribution in [0.3, 0.4) is 0 Å². The fourth-order valence-electron chi connectivity index (χ4n) is 6.26. The third kappa shape index (κ3) is 7.93. The summed E-state index contributed by atoms with van der Waals surface area (Å²) in [4.78, 5) is 31.9. The lowest BCUT2D eigenvalue weighted by Gasteiger charge is -2.48. The Morgan fingerprint density at radius 1 is 1.02 bits per heavy atom. The fourth-order valence-corrected chi connectivity index (χ4v) is 6.26. The molecule has 0 aromatic heterocycles. The average molecular weight is 579 g/mol. The number of β-amino-alcohol motifs (C(OH)–C–C–N with tert-alkyl or cyclic N) is 1. The van der Waals surface area contributed by atoms with Crippen molar-refractivity contribution in [3.05, 3.63) is 59.7 Å². The predicted octanol–water partition coefficient (Wildman–Crippen LogP) is 3.48. The Labute approximate surface area is 248 Å². The van der Waals surface area contributed by atoms with Crippen molar-refractivity contribution in [3.63, 3.8) is 0 Å². The van der Waals surface area contributed by atoms with Crippen LogP contribution in [0.1, 0.15) is 38.3 Å². The van der Waals surface area contributed by atoms with Gasteiger partial charge in [-0.25, -0.2) is 4.79 Å². The molecule has 10 heteroatoms. The van der Waals surface area contributed by atoms with Gasteiger partial charge in [0.2, 0.25) is 5.91 Å². The molecule has 42 heavy (non-hydrogen) atoms. The van der Waals surface area contributed by atoms with Gasteiger partial charge in [-0.15, -0.1) is 0 Å². The van der Waals surface area contributed by atoms with E-state index in [1.54, 1.807) is 31.4 Å². The zero-order valence-corrected chi connectivity index (χ0v) is 24.9. The Bertz CT molecular complexity index is 1240. The number of carbonyl (C=O) groups is 2. The highest BCUT2D eigenvalue weighted by Gasteiger charge is 2.43. The molecule has 2 saturated heterocycles. The number of likely N-dealkylation sites (tertiary alicyclic amines) is 2. The van der Waals surface area contributed by atoms with Crippen LogP contribution in [0.2, 0.25) is 0 Å². The summed E-state index contributed by atoms with van der Waals surface area (Å²) in [5.74, 6) is 1.62. The van der Waals surface area contributed by atoms with Crippen LogP contribution < -0.4 is 9.47 Å². The molecule has 226 valence electrons. The number of fused-ring (bicyclic) bond motifs is 2. The van der Waals surface area contributed by atoms with E-state index in [2.05, 4.69) is 11.0 Å². The van der Waals surface area contributed by atoms with Crippen LogP contribution in [0.25, 0.3) is 0 Å². The van der Waals surface area contributed by atoms with Crippen LogP contribution in [0.4, 0.5) is 4.79 Å². The van der Waals surface area contributed by atoms with E-state index in [1.165, 1.54) is 4.90 Å².